The molecule has 0 aliphatic rings. The van der Waals surface area contributed by atoms with Crippen LogP contribution in [0.4, 0.5) is 0 Å². The van der Waals surface area contributed by atoms with E-state index in [0.29, 0.717) is 0 Å². The van der Waals surface area contributed by atoms with Gasteiger partial charge in [0.05, 0.1) is 0 Å². The minimum atomic E-state index is -5.17. The summed E-state index contributed by atoms with van der Waals surface area (Å²) < 4.78 is 34.1. The van der Waals surface area contributed by atoms with E-state index in [1.807, 2.05) is 0 Å². The average Bonchev–Trinajstić information content (AvgIpc) is 1.27. The third-order valence-electron chi connectivity index (χ3n) is 0. The van der Waals surface area contributed by atoms with E-state index in [1.165, 1.54) is 0 Å². The number of halogens is 2. The van der Waals surface area contributed by atoms with Crippen LogP contribution < -0.4 is 0 Å². The van der Waals surface area contributed by atoms with Crippen LogP contribution in [0, 0.1) is 0 Å². The summed E-state index contributed by atoms with van der Waals surface area (Å²) in [4.78, 5) is 0. The zero-order valence-corrected chi connectivity index (χ0v) is 9.53. The normalized spacial score (nSPS) is 8.89. The molecule has 0 rings (SSSR count). The summed E-state index contributed by atoms with van der Waals surface area (Å²) in [6, 6.07) is 0. The zero-order valence-electron chi connectivity index (χ0n) is 3.46. The van der Waals surface area contributed by atoms with E-state index < -0.39 is 10.4 Å². The minimum absolute atomic E-state index is 0. The van der Waals surface area contributed by atoms with Crippen molar-refractivity contribution in [3.8, 4) is 0 Å². The summed E-state index contributed by atoms with van der Waals surface area (Å²) in [6.07, 6.45) is 0. The van der Waals surface area contributed by atoms with Gasteiger partial charge in [-0.2, -0.15) is 0 Å². The minimum Gasteiger partial charge on any atom is 2.00 e. The quantitative estimate of drug-likeness (QED) is 0.453. The summed E-state index contributed by atoms with van der Waals surface area (Å²) in [5, 5.41) is 0. The Kier molecular flexibility index (Phi) is 18.7. The van der Waals surface area contributed by atoms with E-state index in [1.54, 1.807) is 0 Å². The van der Waals surface area contributed by atoms with Crippen LogP contribution in [0.3, 0.4) is 0 Å². The molecule has 0 bridgehead atoms. The molecule has 0 saturated heterocycles. The van der Waals surface area contributed by atoms with Crippen molar-refractivity contribution >= 4 is 38.7 Å². The monoisotopic (exact) mass is 372 g/mol. The summed E-state index contributed by atoms with van der Waals surface area (Å²) in [5.74, 6) is 0. The molecular weight excluding hydrogens is 374 g/mol. The van der Waals surface area contributed by atoms with Crippen LogP contribution in [0.2, 0.25) is 0 Å². The van der Waals surface area contributed by atoms with Crippen molar-refractivity contribution in [3.63, 3.8) is 0 Å². The fourth-order valence-electron chi connectivity index (χ4n) is 0. The van der Waals surface area contributed by atoms with E-state index in [2.05, 4.69) is 28.3 Å². The van der Waals surface area contributed by atoms with E-state index in [-0.39, 0.29) is 16.8 Å². The van der Waals surface area contributed by atoms with Crippen molar-refractivity contribution in [2.24, 2.45) is 0 Å². The molecule has 0 aromatic rings. The van der Waals surface area contributed by atoms with Crippen LogP contribution in [0.25, 0.3) is 0 Å². The molecule has 0 aromatic carbocycles. The predicted octanol–water partition coefficient (Wildman–Crippen LogP) is 0.348. The summed E-state index contributed by atoms with van der Waals surface area (Å²) in [6.45, 7) is 0. The molecule has 0 spiro atoms. The molecule has 0 atom stereocenters. The molecule has 9 heavy (non-hydrogen) atoms. The fraction of sp³-hybridized carbons (Fsp3) is 0. The van der Waals surface area contributed by atoms with Crippen LogP contribution in [0.1, 0.15) is 0 Å². The SMILES string of the molecule is O=S(=O)([O-])[O-].[Br][Co][Br].[Co+2]. The van der Waals surface area contributed by atoms with Crippen LogP contribution in [0.15, 0.2) is 0 Å². The topological polar surface area (TPSA) is 80.3 Å². The van der Waals surface area contributed by atoms with Gasteiger partial charge >= 0.3 is 56.2 Å². The average molecular weight is 374 g/mol. The third kappa shape index (κ3) is 178. The Hall–Kier alpha value is 1.84. The summed E-state index contributed by atoms with van der Waals surface area (Å²) in [7, 11) is -5.17. The van der Waals surface area contributed by atoms with Crippen LogP contribution in [-0.4, -0.2) is 17.5 Å². The first-order chi connectivity index (χ1) is 3.41. The van der Waals surface area contributed by atoms with E-state index in [0.717, 1.165) is 11.1 Å². The van der Waals surface area contributed by atoms with Gasteiger partial charge in [0.25, 0.3) is 0 Å². The van der Waals surface area contributed by atoms with E-state index in [9.17, 15) is 0 Å². The largest absolute Gasteiger partial charge is 2.00 e. The number of rotatable bonds is 0. The Morgan fingerprint density at radius 2 is 1.22 bits per heavy atom. The molecule has 0 aliphatic carbocycles. The Morgan fingerprint density at radius 1 is 1.22 bits per heavy atom. The molecule has 0 aliphatic heterocycles. The van der Waals surface area contributed by atoms with Gasteiger partial charge in [0.1, 0.15) is 0 Å². The Labute approximate surface area is 83.4 Å². The fourth-order valence-corrected chi connectivity index (χ4v) is 0. The number of hydrogen-bond acceptors (Lipinski definition) is 4. The van der Waals surface area contributed by atoms with Crippen LogP contribution in [0.5, 0.6) is 0 Å². The zero-order chi connectivity index (χ0) is 7.21. The molecule has 0 N–H and O–H groups in total. The van der Waals surface area contributed by atoms with Crippen LogP contribution in [-0.2, 0) is 38.3 Å². The maximum Gasteiger partial charge on any atom is 2.00 e. The maximum atomic E-state index is 8.52. The van der Waals surface area contributed by atoms with Crippen LogP contribution >= 0.6 is 28.3 Å². The van der Waals surface area contributed by atoms with Gasteiger partial charge in [0.15, 0.2) is 0 Å². The maximum absolute atomic E-state index is 8.52. The second kappa shape index (κ2) is 9.84. The Balaban J connectivity index is -0.0000000800. The number of hydrogen-bond donors (Lipinski definition) is 0. The van der Waals surface area contributed by atoms with Crippen molar-refractivity contribution in [1.82, 2.24) is 0 Å². The predicted molar refractivity (Wildman–Crippen MR) is 28.3 cm³/mol. The standard InChI is InChI=1S/2BrH.2Co.H2O4S/c;;;;1-5(2,3)4/h2*1H;;;(H2,1,2,3,4)/q;;2*+2;/p-4. The molecular formula is Br2Co2O4S. The molecule has 9 heteroatoms. The Bertz CT molecular complexity index is 111. The molecule has 4 nitrogen and oxygen atoms in total. The van der Waals surface area contributed by atoms with Crippen molar-refractivity contribution in [1.29, 1.82) is 0 Å². The van der Waals surface area contributed by atoms with Crippen molar-refractivity contribution in [2.75, 3.05) is 0 Å². The molecule has 0 amide bonds. The third-order valence-corrected chi connectivity index (χ3v) is 0. The molecule has 0 aromatic heterocycles. The first-order valence-electron chi connectivity index (χ1n) is 0.919. The second-order valence-corrected chi connectivity index (χ2v) is 6.53. The smallest absolute Gasteiger partial charge is 2.00 e. The van der Waals surface area contributed by atoms with Gasteiger partial charge in [-0.3, -0.25) is 8.42 Å². The van der Waals surface area contributed by atoms with Crippen molar-refractivity contribution < 1.29 is 45.4 Å². The van der Waals surface area contributed by atoms with Gasteiger partial charge < -0.3 is 9.11 Å². The molecule has 62 valence electrons. The first kappa shape index (κ1) is 17.1. The molecule has 0 saturated carbocycles. The van der Waals surface area contributed by atoms with E-state index in [4.69, 9.17) is 17.5 Å². The molecule has 0 fully saturated rings. The first-order valence-corrected chi connectivity index (χ1v) is 7.40. The second-order valence-electron chi connectivity index (χ2n) is 0.456. The summed E-state index contributed by atoms with van der Waals surface area (Å²) >= 11 is 7.12. The van der Waals surface area contributed by atoms with Gasteiger partial charge in [-0.15, -0.1) is 0 Å². The van der Waals surface area contributed by atoms with Gasteiger partial charge in [0, 0.05) is 10.4 Å². The summed E-state index contributed by atoms with van der Waals surface area (Å²) in [5.41, 5.74) is 0. The van der Waals surface area contributed by atoms with Gasteiger partial charge in [-0.05, 0) is 0 Å². The molecule has 0 heterocycles. The van der Waals surface area contributed by atoms with Gasteiger partial charge in [-0.1, -0.05) is 0 Å². The molecule has 1 radical (unpaired) electrons. The Morgan fingerprint density at radius 3 is 1.22 bits per heavy atom. The molecule has 0 unspecified atom stereocenters. The van der Waals surface area contributed by atoms with Gasteiger partial charge in [0.2, 0.25) is 0 Å². The van der Waals surface area contributed by atoms with Crippen molar-refractivity contribution in [3.05, 3.63) is 0 Å². The van der Waals surface area contributed by atoms with E-state index >= 15 is 0 Å². The van der Waals surface area contributed by atoms with Gasteiger partial charge in [-0.25, -0.2) is 0 Å². The van der Waals surface area contributed by atoms with Crippen molar-refractivity contribution in [2.45, 2.75) is 0 Å².